The van der Waals surface area contributed by atoms with Crippen molar-refractivity contribution < 1.29 is 0 Å². The first-order valence-corrected chi connectivity index (χ1v) is 19.3. The number of allylic oxidation sites excluding steroid dienone is 1. The van der Waals surface area contributed by atoms with Crippen LogP contribution in [0.25, 0.3) is 89.6 Å². The molecule has 3 heterocycles. The van der Waals surface area contributed by atoms with Gasteiger partial charge < -0.3 is 0 Å². The summed E-state index contributed by atoms with van der Waals surface area (Å²) in [5, 5.41) is 4.45. The lowest BCUT2D eigenvalue weighted by atomic mass is 9.90. The summed E-state index contributed by atoms with van der Waals surface area (Å²) in [6.07, 6.45) is 4.20. The molecule has 0 amide bonds. The minimum Gasteiger partial charge on any atom is -0.277 e. The number of hydrogen-bond acceptors (Lipinski definition) is 5. The van der Waals surface area contributed by atoms with Gasteiger partial charge in [-0.15, -0.1) is 0 Å². The summed E-state index contributed by atoms with van der Waals surface area (Å²) in [6.45, 7) is 0. The van der Waals surface area contributed by atoms with E-state index < -0.39 is 0 Å². The number of benzene rings is 7. The van der Waals surface area contributed by atoms with E-state index in [9.17, 15) is 0 Å². The first-order valence-electron chi connectivity index (χ1n) is 19.3. The van der Waals surface area contributed by atoms with E-state index in [4.69, 9.17) is 24.9 Å². The lowest BCUT2D eigenvalue weighted by Crippen LogP contribution is -2.07. The maximum atomic E-state index is 5.31. The molecule has 6 nitrogen and oxygen atoms in total. The third-order valence-electron chi connectivity index (χ3n) is 11.0. The second kappa shape index (κ2) is 13.6. The maximum Gasteiger partial charge on any atom is 0.164 e. The standard InChI is InChI=1S/C51H34N6/c1-3-17-35(18-4-1)45-41-25-11-12-26-44(41)51-56-47(55-50(57(45)51)38-19-5-2-6-20-38)37-31-29-36(30-32-37)46-52-48(42-27-13-21-33-15-7-9-23-39(33)42)54-49(53-46)43-28-14-22-34-16-8-10-24-40(34)43/h1-13,15-21,23-32H,14,22H2. The summed E-state index contributed by atoms with van der Waals surface area (Å²) in [4.78, 5) is 26.1. The van der Waals surface area contributed by atoms with E-state index in [0.717, 1.165) is 84.9 Å². The molecule has 0 N–H and O–H groups in total. The highest BCUT2D eigenvalue weighted by molar-refractivity contribution is 6.06. The van der Waals surface area contributed by atoms with Crippen molar-refractivity contribution in [1.82, 2.24) is 29.3 Å². The van der Waals surface area contributed by atoms with Gasteiger partial charge in [-0.05, 0) is 40.3 Å². The summed E-state index contributed by atoms with van der Waals surface area (Å²) in [5.74, 6) is 3.42. The van der Waals surface area contributed by atoms with E-state index in [1.807, 2.05) is 12.1 Å². The van der Waals surface area contributed by atoms with Crippen molar-refractivity contribution in [3.05, 3.63) is 199 Å². The highest BCUT2D eigenvalue weighted by atomic mass is 15.1. The smallest absolute Gasteiger partial charge is 0.164 e. The van der Waals surface area contributed by atoms with Gasteiger partial charge in [0.15, 0.2) is 23.3 Å². The van der Waals surface area contributed by atoms with Gasteiger partial charge in [-0.2, -0.15) is 0 Å². The van der Waals surface area contributed by atoms with E-state index >= 15 is 0 Å². The minimum absolute atomic E-state index is 0.616. The predicted octanol–water partition coefficient (Wildman–Crippen LogP) is 11.9. The molecule has 0 unspecified atom stereocenters. The van der Waals surface area contributed by atoms with Crippen molar-refractivity contribution in [3.63, 3.8) is 0 Å². The molecule has 0 radical (unpaired) electrons. The third-order valence-corrected chi connectivity index (χ3v) is 11.0. The molecule has 7 aromatic carbocycles. The molecule has 0 saturated heterocycles. The van der Waals surface area contributed by atoms with Gasteiger partial charge in [0.1, 0.15) is 11.5 Å². The van der Waals surface area contributed by atoms with Crippen molar-refractivity contribution in [1.29, 1.82) is 0 Å². The second-order valence-corrected chi connectivity index (χ2v) is 14.4. The quantitative estimate of drug-likeness (QED) is 0.170. The Bertz CT molecular complexity index is 3160. The molecule has 6 heteroatoms. The van der Waals surface area contributed by atoms with Crippen LogP contribution in [-0.2, 0) is 6.42 Å². The van der Waals surface area contributed by atoms with Gasteiger partial charge in [0, 0.05) is 38.6 Å². The molecule has 3 aromatic heterocycles. The van der Waals surface area contributed by atoms with Crippen LogP contribution in [0.1, 0.15) is 23.4 Å². The van der Waals surface area contributed by atoms with Crippen LogP contribution in [-0.4, -0.2) is 29.3 Å². The highest BCUT2D eigenvalue weighted by Crippen LogP contribution is 2.38. The van der Waals surface area contributed by atoms with Crippen LogP contribution in [0.15, 0.2) is 182 Å². The molecule has 1 aliphatic carbocycles. The monoisotopic (exact) mass is 730 g/mol. The number of aryl methyl sites for hydroxylation is 1. The number of rotatable bonds is 6. The van der Waals surface area contributed by atoms with Crippen LogP contribution in [0.3, 0.4) is 0 Å². The molecule has 0 atom stereocenters. The zero-order chi connectivity index (χ0) is 37.7. The van der Waals surface area contributed by atoms with Gasteiger partial charge >= 0.3 is 0 Å². The Morgan fingerprint density at radius 2 is 0.965 bits per heavy atom. The van der Waals surface area contributed by atoms with Gasteiger partial charge in [0.05, 0.1) is 5.69 Å². The first-order chi connectivity index (χ1) is 28.3. The van der Waals surface area contributed by atoms with Crippen LogP contribution < -0.4 is 0 Å². The van der Waals surface area contributed by atoms with Gasteiger partial charge in [0.25, 0.3) is 0 Å². The zero-order valence-electron chi connectivity index (χ0n) is 30.9. The molecule has 0 spiro atoms. The van der Waals surface area contributed by atoms with Crippen molar-refractivity contribution in [2.24, 2.45) is 0 Å². The van der Waals surface area contributed by atoms with Crippen molar-refractivity contribution in [2.45, 2.75) is 12.8 Å². The molecular formula is C51H34N6. The number of fused-ring (bicyclic) bond motifs is 5. The van der Waals surface area contributed by atoms with E-state index in [0.29, 0.717) is 23.3 Å². The average Bonchev–Trinajstić information content (AvgIpc) is 3.63. The fraction of sp³-hybridized carbons (Fsp3) is 0.0392. The molecular weight excluding hydrogens is 697 g/mol. The highest BCUT2D eigenvalue weighted by Gasteiger charge is 2.22. The Labute approximate surface area is 329 Å². The lowest BCUT2D eigenvalue weighted by molar-refractivity contribution is 0.961. The number of hydrogen-bond donors (Lipinski definition) is 0. The van der Waals surface area contributed by atoms with Gasteiger partial charge in [-0.3, -0.25) is 4.40 Å². The summed E-state index contributed by atoms with van der Waals surface area (Å²) in [5.41, 5.74) is 10.4. The largest absolute Gasteiger partial charge is 0.277 e. The topological polar surface area (TPSA) is 68.9 Å². The van der Waals surface area contributed by atoms with Crippen molar-refractivity contribution >= 4 is 32.8 Å². The molecule has 0 saturated carbocycles. The first kappa shape index (κ1) is 32.8. The Morgan fingerprint density at radius 3 is 1.75 bits per heavy atom. The Balaban J connectivity index is 1.08. The minimum atomic E-state index is 0.616. The van der Waals surface area contributed by atoms with Crippen LogP contribution in [0.5, 0.6) is 0 Å². The molecule has 11 rings (SSSR count). The van der Waals surface area contributed by atoms with Crippen LogP contribution in [0, 0.1) is 0 Å². The summed E-state index contributed by atoms with van der Waals surface area (Å²) >= 11 is 0. The van der Waals surface area contributed by atoms with E-state index in [1.165, 1.54) is 11.1 Å². The summed E-state index contributed by atoms with van der Waals surface area (Å²) < 4.78 is 2.21. The van der Waals surface area contributed by atoms with Crippen LogP contribution in [0.2, 0.25) is 0 Å². The van der Waals surface area contributed by atoms with E-state index in [-0.39, 0.29) is 0 Å². The Kier molecular flexibility index (Phi) is 7.84. The summed E-state index contributed by atoms with van der Waals surface area (Å²) in [6, 6.07) is 60.9. The zero-order valence-corrected chi connectivity index (χ0v) is 30.9. The number of aromatic nitrogens is 6. The summed E-state index contributed by atoms with van der Waals surface area (Å²) in [7, 11) is 0. The Morgan fingerprint density at radius 1 is 0.386 bits per heavy atom. The lowest BCUT2D eigenvalue weighted by Gasteiger charge is -2.18. The SMILES string of the molecule is C1=C(c2nc(-c3ccc(-c4nc(-c5ccccc5)n5c(-c6ccccc6)c6ccccc6c5n4)cc3)nc(-c3cccc4ccccc34)n2)c2ccccc2CC1. The average molecular weight is 731 g/mol. The van der Waals surface area contributed by atoms with Crippen molar-refractivity contribution in [2.75, 3.05) is 0 Å². The van der Waals surface area contributed by atoms with Crippen LogP contribution >= 0.6 is 0 Å². The molecule has 10 aromatic rings. The van der Waals surface area contributed by atoms with Gasteiger partial charge in [-0.1, -0.05) is 182 Å². The molecule has 0 bridgehead atoms. The molecule has 0 aliphatic heterocycles. The van der Waals surface area contributed by atoms with E-state index in [2.05, 4.69) is 174 Å². The molecule has 1 aliphatic rings. The third kappa shape index (κ3) is 5.69. The molecule has 268 valence electrons. The fourth-order valence-corrected chi connectivity index (χ4v) is 8.24. The molecule has 57 heavy (non-hydrogen) atoms. The fourth-order valence-electron chi connectivity index (χ4n) is 8.24. The normalized spacial score (nSPS) is 12.5. The Hall–Kier alpha value is -7.57. The second-order valence-electron chi connectivity index (χ2n) is 14.4. The van der Waals surface area contributed by atoms with Gasteiger partial charge in [-0.25, -0.2) is 24.9 Å². The van der Waals surface area contributed by atoms with Crippen LogP contribution in [0.4, 0.5) is 0 Å². The predicted molar refractivity (Wildman–Crippen MR) is 230 cm³/mol. The number of nitrogens with zero attached hydrogens (tertiary/aromatic N) is 6. The molecule has 0 fully saturated rings. The van der Waals surface area contributed by atoms with Gasteiger partial charge in [0.2, 0.25) is 0 Å². The van der Waals surface area contributed by atoms with E-state index in [1.54, 1.807) is 0 Å². The maximum absolute atomic E-state index is 5.31. The van der Waals surface area contributed by atoms with Crippen molar-refractivity contribution in [3.8, 4) is 56.8 Å².